The Hall–Kier alpha value is -1.87. The Bertz CT molecular complexity index is 623. The van der Waals surface area contributed by atoms with Crippen LogP contribution >= 0.6 is 0 Å². The van der Waals surface area contributed by atoms with Gasteiger partial charge in [0.05, 0.1) is 0 Å². The van der Waals surface area contributed by atoms with Crippen molar-refractivity contribution in [3.63, 3.8) is 0 Å². The number of benzene rings is 2. The predicted octanol–water partition coefficient (Wildman–Crippen LogP) is 4.73. The lowest BCUT2D eigenvalue weighted by Gasteiger charge is -2.14. The van der Waals surface area contributed by atoms with Crippen molar-refractivity contribution in [2.24, 2.45) is 0 Å². The van der Waals surface area contributed by atoms with Gasteiger partial charge in [0.2, 0.25) is 0 Å². The molecular weight excluding hydrogens is 265 g/mol. The zero-order valence-corrected chi connectivity index (χ0v) is 13.0. The molecule has 0 atom stereocenters. The number of nitrogens with one attached hydrogen (secondary N) is 1. The summed E-state index contributed by atoms with van der Waals surface area (Å²) in [6.07, 6.45) is 0. The van der Waals surface area contributed by atoms with Crippen LogP contribution in [-0.4, -0.2) is 6.04 Å². The summed E-state index contributed by atoms with van der Waals surface area (Å²) in [7, 11) is 0. The molecule has 2 aromatic rings. The van der Waals surface area contributed by atoms with Crippen LogP contribution in [0.1, 0.15) is 30.5 Å². The highest BCUT2D eigenvalue weighted by Gasteiger charge is 2.07. The van der Waals surface area contributed by atoms with Crippen LogP contribution in [0.15, 0.2) is 36.4 Å². The van der Waals surface area contributed by atoms with E-state index >= 15 is 0 Å². The molecule has 0 saturated heterocycles. The maximum atomic E-state index is 13.3. The molecule has 0 heterocycles. The number of hydrogen-bond acceptors (Lipinski definition) is 2. The van der Waals surface area contributed by atoms with E-state index in [1.807, 2.05) is 26.0 Å². The first-order chi connectivity index (χ1) is 9.95. The minimum Gasteiger partial charge on any atom is -0.457 e. The summed E-state index contributed by atoms with van der Waals surface area (Å²) in [6, 6.07) is 11.1. The number of hydrogen-bond donors (Lipinski definition) is 1. The third-order valence-corrected chi connectivity index (χ3v) is 3.34. The lowest BCUT2D eigenvalue weighted by Crippen LogP contribution is -2.21. The van der Waals surface area contributed by atoms with E-state index in [2.05, 4.69) is 25.2 Å². The molecule has 0 bridgehead atoms. The minimum absolute atomic E-state index is 0.286. The second-order valence-corrected chi connectivity index (χ2v) is 5.65. The monoisotopic (exact) mass is 287 g/mol. The molecule has 0 unspecified atom stereocenters. The van der Waals surface area contributed by atoms with Gasteiger partial charge in [0.15, 0.2) is 0 Å². The minimum atomic E-state index is -0.286. The van der Waals surface area contributed by atoms with Crippen molar-refractivity contribution in [1.29, 1.82) is 0 Å². The summed E-state index contributed by atoms with van der Waals surface area (Å²) >= 11 is 0. The molecule has 0 aliphatic carbocycles. The van der Waals surface area contributed by atoms with E-state index in [1.54, 1.807) is 6.07 Å². The first-order valence-corrected chi connectivity index (χ1v) is 7.22. The van der Waals surface area contributed by atoms with E-state index in [0.29, 0.717) is 11.8 Å². The van der Waals surface area contributed by atoms with Crippen LogP contribution < -0.4 is 10.1 Å². The zero-order chi connectivity index (χ0) is 15.4. The maximum Gasteiger partial charge on any atom is 0.133 e. The summed E-state index contributed by atoms with van der Waals surface area (Å²) in [6.45, 7) is 8.91. The average molecular weight is 287 g/mol. The molecule has 2 aromatic carbocycles. The van der Waals surface area contributed by atoms with E-state index in [-0.39, 0.29) is 5.82 Å². The van der Waals surface area contributed by atoms with Crippen LogP contribution in [0, 0.1) is 19.7 Å². The van der Waals surface area contributed by atoms with Crippen molar-refractivity contribution in [3.05, 3.63) is 58.9 Å². The quantitative estimate of drug-likeness (QED) is 0.858. The van der Waals surface area contributed by atoms with Crippen molar-refractivity contribution >= 4 is 0 Å². The molecule has 0 aliphatic heterocycles. The topological polar surface area (TPSA) is 21.3 Å². The fourth-order valence-corrected chi connectivity index (χ4v) is 1.99. The van der Waals surface area contributed by atoms with E-state index in [9.17, 15) is 4.39 Å². The van der Waals surface area contributed by atoms with Gasteiger partial charge in [-0.15, -0.1) is 0 Å². The third-order valence-electron chi connectivity index (χ3n) is 3.34. The van der Waals surface area contributed by atoms with Gasteiger partial charge in [-0.3, -0.25) is 0 Å². The van der Waals surface area contributed by atoms with Gasteiger partial charge in [0, 0.05) is 18.7 Å². The number of ether oxygens (including phenoxy) is 1. The van der Waals surface area contributed by atoms with Crippen molar-refractivity contribution < 1.29 is 9.13 Å². The second-order valence-electron chi connectivity index (χ2n) is 5.65. The van der Waals surface area contributed by atoms with Gasteiger partial charge in [0.1, 0.15) is 17.3 Å². The number of halogens is 1. The van der Waals surface area contributed by atoms with Crippen LogP contribution in [0.2, 0.25) is 0 Å². The molecule has 112 valence electrons. The zero-order valence-electron chi connectivity index (χ0n) is 13.0. The molecule has 0 amide bonds. The van der Waals surface area contributed by atoms with Gasteiger partial charge in [-0.2, -0.15) is 0 Å². The smallest absolute Gasteiger partial charge is 0.133 e. The molecule has 21 heavy (non-hydrogen) atoms. The van der Waals surface area contributed by atoms with E-state index in [1.165, 1.54) is 12.1 Å². The molecule has 2 rings (SSSR count). The van der Waals surface area contributed by atoms with Crippen molar-refractivity contribution in [3.8, 4) is 11.5 Å². The number of aryl methyl sites for hydroxylation is 2. The Morgan fingerprint density at radius 3 is 2.29 bits per heavy atom. The first kappa shape index (κ1) is 15.5. The fourth-order valence-electron chi connectivity index (χ4n) is 1.99. The summed E-state index contributed by atoms with van der Waals surface area (Å²) in [4.78, 5) is 0. The molecule has 0 fully saturated rings. The summed E-state index contributed by atoms with van der Waals surface area (Å²) in [5.74, 6) is 1.05. The SMILES string of the molecule is Cc1ccc(F)cc1Oc1cc(CNC(C)C)ccc1C. The second kappa shape index (κ2) is 6.72. The highest BCUT2D eigenvalue weighted by molar-refractivity contribution is 5.42. The average Bonchev–Trinajstić information content (AvgIpc) is 2.43. The van der Waals surface area contributed by atoms with Crippen LogP contribution in [0.25, 0.3) is 0 Å². The summed E-state index contributed by atoms with van der Waals surface area (Å²) in [5, 5.41) is 3.38. The first-order valence-electron chi connectivity index (χ1n) is 7.22. The Kier molecular flexibility index (Phi) is 4.97. The fraction of sp³-hybridized carbons (Fsp3) is 0.333. The lowest BCUT2D eigenvalue weighted by molar-refractivity contribution is 0.468. The van der Waals surface area contributed by atoms with E-state index in [0.717, 1.165) is 29.0 Å². The number of rotatable bonds is 5. The van der Waals surface area contributed by atoms with Crippen LogP contribution in [0.5, 0.6) is 11.5 Å². The molecule has 0 radical (unpaired) electrons. The molecule has 0 aromatic heterocycles. The summed E-state index contributed by atoms with van der Waals surface area (Å²) in [5.41, 5.74) is 3.10. The maximum absolute atomic E-state index is 13.3. The van der Waals surface area contributed by atoms with Crippen molar-refractivity contribution in [2.45, 2.75) is 40.3 Å². The highest BCUT2D eigenvalue weighted by atomic mass is 19.1. The molecule has 0 spiro atoms. The highest BCUT2D eigenvalue weighted by Crippen LogP contribution is 2.29. The largest absolute Gasteiger partial charge is 0.457 e. The Balaban J connectivity index is 2.22. The Morgan fingerprint density at radius 2 is 1.62 bits per heavy atom. The molecule has 2 nitrogen and oxygen atoms in total. The molecule has 1 N–H and O–H groups in total. The molecule has 0 saturated carbocycles. The molecule has 0 aliphatic rings. The van der Waals surface area contributed by atoms with Crippen LogP contribution in [0.4, 0.5) is 4.39 Å². The van der Waals surface area contributed by atoms with Crippen LogP contribution in [0.3, 0.4) is 0 Å². The van der Waals surface area contributed by atoms with Gasteiger partial charge in [0.25, 0.3) is 0 Å². The van der Waals surface area contributed by atoms with Gasteiger partial charge in [-0.1, -0.05) is 32.0 Å². The lowest BCUT2D eigenvalue weighted by atomic mass is 10.1. The van der Waals surface area contributed by atoms with Gasteiger partial charge < -0.3 is 10.1 Å². The Labute approximate surface area is 126 Å². The Morgan fingerprint density at radius 1 is 1.00 bits per heavy atom. The molecule has 3 heteroatoms. The predicted molar refractivity (Wildman–Crippen MR) is 84.4 cm³/mol. The van der Waals surface area contributed by atoms with Gasteiger partial charge in [-0.25, -0.2) is 4.39 Å². The summed E-state index contributed by atoms with van der Waals surface area (Å²) < 4.78 is 19.2. The van der Waals surface area contributed by atoms with Crippen molar-refractivity contribution in [1.82, 2.24) is 5.32 Å². The van der Waals surface area contributed by atoms with Crippen LogP contribution in [-0.2, 0) is 6.54 Å². The van der Waals surface area contributed by atoms with E-state index < -0.39 is 0 Å². The normalized spacial score (nSPS) is 11.0. The van der Waals surface area contributed by atoms with Gasteiger partial charge in [-0.05, 0) is 42.7 Å². The molecular formula is C18H22FNO. The van der Waals surface area contributed by atoms with Crippen molar-refractivity contribution in [2.75, 3.05) is 0 Å². The standard InChI is InChI=1S/C18H22FNO/c1-12(2)20-11-15-7-5-13(3)17(9-15)21-18-10-16(19)8-6-14(18)4/h5-10,12,20H,11H2,1-4H3. The van der Waals surface area contributed by atoms with E-state index in [4.69, 9.17) is 4.74 Å². The van der Waals surface area contributed by atoms with Gasteiger partial charge >= 0.3 is 0 Å². The third kappa shape index (κ3) is 4.30.